The Morgan fingerprint density at radius 2 is 2.07 bits per heavy atom. The molecule has 0 radical (unpaired) electrons. The van der Waals surface area contributed by atoms with Crippen LogP contribution in [0.3, 0.4) is 0 Å². The molecule has 0 fully saturated rings. The minimum atomic E-state index is -0.218. The first kappa shape index (κ1) is 12.1. The van der Waals surface area contributed by atoms with Gasteiger partial charge in [-0.25, -0.2) is 0 Å². The molecule has 0 unspecified atom stereocenters. The first-order chi connectivity index (χ1) is 7.33. The maximum Gasteiger partial charge on any atom is 0.310 e. The second-order valence-corrected chi connectivity index (χ2v) is 3.74. The summed E-state index contributed by atoms with van der Waals surface area (Å²) < 4.78 is 13.4. The Balaban J connectivity index is 2.19. The summed E-state index contributed by atoms with van der Waals surface area (Å²) in [5.74, 6) is 0.377. The molecule has 1 rings (SSSR count). The van der Waals surface area contributed by atoms with Crippen LogP contribution in [0.15, 0.2) is 30.3 Å². The number of hydrogen-bond acceptors (Lipinski definition) is 4. The summed E-state index contributed by atoms with van der Waals surface area (Å²) in [7, 11) is 0. The van der Waals surface area contributed by atoms with Gasteiger partial charge in [0.1, 0.15) is 0 Å². The molecule has 0 atom stereocenters. The lowest BCUT2D eigenvalue weighted by Crippen LogP contribution is -2.09. The number of esters is 1. The van der Waals surface area contributed by atoms with Crippen LogP contribution in [0.5, 0.6) is 0 Å². The highest BCUT2D eigenvalue weighted by atomic mass is 32.2. The predicted molar refractivity (Wildman–Crippen MR) is 60.8 cm³/mol. The minimum absolute atomic E-state index is 0.218. The van der Waals surface area contributed by atoms with Crippen molar-refractivity contribution >= 4 is 18.0 Å². The molecule has 4 heteroatoms. The number of rotatable bonds is 6. The third-order valence-corrected chi connectivity index (χ3v) is 2.31. The molecule has 0 aromatic heterocycles. The van der Waals surface area contributed by atoms with Crippen LogP contribution < -0.4 is 0 Å². The van der Waals surface area contributed by atoms with Crippen LogP contribution in [0.25, 0.3) is 0 Å². The van der Waals surface area contributed by atoms with Gasteiger partial charge in [-0.05, 0) is 24.0 Å². The van der Waals surface area contributed by atoms with Crippen LogP contribution in [0.4, 0.5) is 0 Å². The summed E-state index contributed by atoms with van der Waals surface area (Å²) in [6.07, 6.45) is 0.995. The molecule has 15 heavy (non-hydrogen) atoms. The van der Waals surface area contributed by atoms with Gasteiger partial charge in [0.15, 0.2) is 0 Å². The third kappa shape index (κ3) is 5.44. The Kier molecular flexibility index (Phi) is 5.88. The average Bonchev–Trinajstić information content (AvgIpc) is 2.26. The number of carbonyl (C=O) groups is 1. The van der Waals surface area contributed by atoms with Crippen LogP contribution in [0.1, 0.15) is 12.0 Å². The number of benzene rings is 1. The van der Waals surface area contributed by atoms with E-state index in [1.54, 1.807) is 0 Å². The van der Waals surface area contributed by atoms with E-state index in [9.17, 15) is 4.79 Å². The van der Waals surface area contributed by atoms with Crippen molar-refractivity contribution in [2.24, 2.45) is 0 Å². The van der Waals surface area contributed by atoms with E-state index in [4.69, 9.17) is 9.29 Å². The molecule has 0 saturated heterocycles. The van der Waals surface area contributed by atoms with E-state index in [0.717, 1.165) is 17.6 Å². The normalized spacial score (nSPS) is 9.93. The summed E-state index contributed by atoms with van der Waals surface area (Å²) in [4.78, 5) is 11.3. The van der Waals surface area contributed by atoms with Crippen LogP contribution >= 0.6 is 12.0 Å². The van der Waals surface area contributed by atoms with Gasteiger partial charge in [-0.3, -0.25) is 4.79 Å². The van der Waals surface area contributed by atoms with E-state index < -0.39 is 0 Å². The van der Waals surface area contributed by atoms with Crippen LogP contribution in [-0.4, -0.2) is 22.9 Å². The highest BCUT2D eigenvalue weighted by Gasteiger charge is 2.03. The smallest absolute Gasteiger partial charge is 0.310 e. The van der Waals surface area contributed by atoms with E-state index >= 15 is 0 Å². The Hall–Kier alpha value is -1.00. The quantitative estimate of drug-likeness (QED) is 0.459. The van der Waals surface area contributed by atoms with E-state index in [-0.39, 0.29) is 5.97 Å². The summed E-state index contributed by atoms with van der Waals surface area (Å²) in [5.41, 5.74) is 0.957. The summed E-state index contributed by atoms with van der Waals surface area (Å²) >= 11 is 0.766. The molecule has 1 aromatic rings. The molecule has 0 amide bonds. The molecule has 0 saturated carbocycles. The highest BCUT2D eigenvalue weighted by Crippen LogP contribution is 2.01. The topological polar surface area (TPSA) is 46.5 Å². The summed E-state index contributed by atoms with van der Waals surface area (Å²) in [6.45, 7) is 0.374. The molecular weight excluding hydrogens is 212 g/mol. The van der Waals surface area contributed by atoms with Gasteiger partial charge in [0.2, 0.25) is 0 Å². The van der Waals surface area contributed by atoms with Gasteiger partial charge in [0.05, 0.1) is 13.0 Å². The second kappa shape index (κ2) is 7.31. The standard InChI is InChI=1S/C11H14O3S/c12-11(14-7-4-8-15-13)9-10-5-2-1-3-6-10/h1-3,5-6,13H,4,7-9H2. The Bertz CT molecular complexity index is 287. The molecule has 0 spiro atoms. The van der Waals surface area contributed by atoms with Crippen LogP contribution in [0.2, 0.25) is 0 Å². The first-order valence-corrected chi connectivity index (χ1v) is 5.73. The number of hydrogen-bond donors (Lipinski definition) is 1. The van der Waals surface area contributed by atoms with Gasteiger partial charge in [0, 0.05) is 5.75 Å². The van der Waals surface area contributed by atoms with E-state index in [1.165, 1.54) is 0 Å². The van der Waals surface area contributed by atoms with Gasteiger partial charge < -0.3 is 9.29 Å². The van der Waals surface area contributed by atoms with Gasteiger partial charge >= 0.3 is 5.97 Å². The molecule has 0 bridgehead atoms. The fourth-order valence-electron chi connectivity index (χ4n) is 1.12. The van der Waals surface area contributed by atoms with E-state index in [0.29, 0.717) is 25.2 Å². The zero-order valence-corrected chi connectivity index (χ0v) is 9.20. The molecular formula is C11H14O3S. The maximum atomic E-state index is 11.3. The zero-order chi connectivity index (χ0) is 10.9. The van der Waals surface area contributed by atoms with Crippen LogP contribution in [0, 0.1) is 0 Å². The largest absolute Gasteiger partial charge is 0.465 e. The summed E-state index contributed by atoms with van der Waals surface area (Å²) in [5, 5.41) is 0. The second-order valence-electron chi connectivity index (χ2n) is 3.07. The van der Waals surface area contributed by atoms with Crippen molar-refractivity contribution in [3.05, 3.63) is 35.9 Å². The van der Waals surface area contributed by atoms with Gasteiger partial charge in [0.25, 0.3) is 0 Å². The predicted octanol–water partition coefficient (Wildman–Crippen LogP) is 2.37. The lowest BCUT2D eigenvalue weighted by Gasteiger charge is -2.03. The van der Waals surface area contributed by atoms with Crippen molar-refractivity contribution in [3.8, 4) is 0 Å². The van der Waals surface area contributed by atoms with Gasteiger partial charge in [-0.15, -0.1) is 0 Å². The Morgan fingerprint density at radius 1 is 1.33 bits per heavy atom. The molecule has 0 aliphatic heterocycles. The SMILES string of the molecule is O=C(Cc1ccccc1)OCCCSO. The molecule has 1 aromatic carbocycles. The molecule has 3 nitrogen and oxygen atoms in total. The van der Waals surface area contributed by atoms with E-state index in [1.807, 2.05) is 30.3 Å². The van der Waals surface area contributed by atoms with E-state index in [2.05, 4.69) is 0 Å². The van der Waals surface area contributed by atoms with Crippen LogP contribution in [-0.2, 0) is 16.0 Å². The fourth-order valence-corrected chi connectivity index (χ4v) is 1.37. The Labute approximate surface area is 93.7 Å². The molecule has 0 aliphatic rings. The third-order valence-electron chi connectivity index (χ3n) is 1.83. The number of ether oxygens (including phenoxy) is 1. The minimum Gasteiger partial charge on any atom is -0.465 e. The van der Waals surface area contributed by atoms with Gasteiger partial charge in [-0.2, -0.15) is 0 Å². The molecule has 1 N–H and O–H groups in total. The van der Waals surface area contributed by atoms with Gasteiger partial charge in [-0.1, -0.05) is 30.3 Å². The monoisotopic (exact) mass is 226 g/mol. The lowest BCUT2D eigenvalue weighted by atomic mass is 10.2. The summed E-state index contributed by atoms with van der Waals surface area (Å²) in [6, 6.07) is 9.49. The van der Waals surface area contributed by atoms with Crippen molar-refractivity contribution in [2.75, 3.05) is 12.4 Å². The average molecular weight is 226 g/mol. The highest BCUT2D eigenvalue weighted by molar-refractivity contribution is 7.93. The first-order valence-electron chi connectivity index (χ1n) is 4.79. The Morgan fingerprint density at radius 3 is 2.73 bits per heavy atom. The van der Waals surface area contributed by atoms with Crippen molar-refractivity contribution in [1.29, 1.82) is 0 Å². The molecule has 82 valence electrons. The maximum absolute atomic E-state index is 11.3. The van der Waals surface area contributed by atoms with Crippen molar-refractivity contribution in [3.63, 3.8) is 0 Å². The molecule has 0 aliphatic carbocycles. The van der Waals surface area contributed by atoms with Crippen molar-refractivity contribution in [1.82, 2.24) is 0 Å². The van der Waals surface area contributed by atoms with Crippen molar-refractivity contribution in [2.45, 2.75) is 12.8 Å². The lowest BCUT2D eigenvalue weighted by molar-refractivity contribution is -0.142. The zero-order valence-electron chi connectivity index (χ0n) is 8.39. The fraction of sp³-hybridized carbons (Fsp3) is 0.364. The number of carbonyl (C=O) groups excluding carboxylic acids is 1. The van der Waals surface area contributed by atoms with Crippen molar-refractivity contribution < 1.29 is 14.1 Å². The molecule has 0 heterocycles.